The van der Waals surface area contributed by atoms with Gasteiger partial charge in [-0.3, -0.25) is 4.79 Å². The van der Waals surface area contributed by atoms with Gasteiger partial charge in [0.25, 0.3) is 0 Å². The summed E-state index contributed by atoms with van der Waals surface area (Å²) in [6, 6.07) is 9.55. The normalized spacial score (nSPS) is 15.4. The van der Waals surface area contributed by atoms with Crippen molar-refractivity contribution in [2.24, 2.45) is 11.8 Å². The van der Waals surface area contributed by atoms with Gasteiger partial charge in [0.05, 0.1) is 0 Å². The minimum Gasteiger partial charge on any atom is -0.445 e. The Morgan fingerprint density at radius 3 is 2.60 bits per heavy atom. The molecule has 0 saturated heterocycles. The molecule has 20 heavy (non-hydrogen) atoms. The maximum absolute atomic E-state index is 11.5. The number of rotatable bonds is 7. The van der Waals surface area contributed by atoms with Gasteiger partial charge in [-0.2, -0.15) is 0 Å². The predicted molar refractivity (Wildman–Crippen MR) is 76.1 cm³/mol. The number of carbonyl (C=O) groups excluding carboxylic acids is 2. The van der Waals surface area contributed by atoms with E-state index < -0.39 is 6.09 Å². The van der Waals surface area contributed by atoms with Gasteiger partial charge in [0.15, 0.2) is 0 Å². The van der Waals surface area contributed by atoms with Crippen LogP contribution in [0.4, 0.5) is 4.79 Å². The van der Waals surface area contributed by atoms with E-state index in [1.807, 2.05) is 30.3 Å². The number of amides is 1. The van der Waals surface area contributed by atoms with E-state index in [1.165, 1.54) is 0 Å². The molecule has 1 amide bonds. The highest BCUT2D eigenvalue weighted by molar-refractivity contribution is 5.79. The minimum atomic E-state index is -0.424. The van der Waals surface area contributed by atoms with Crippen LogP contribution in [0.5, 0.6) is 0 Å². The van der Waals surface area contributed by atoms with Gasteiger partial charge in [-0.1, -0.05) is 30.3 Å². The monoisotopic (exact) mass is 275 g/mol. The fourth-order valence-electron chi connectivity index (χ4n) is 2.37. The van der Waals surface area contributed by atoms with Crippen molar-refractivity contribution in [1.82, 2.24) is 5.32 Å². The summed E-state index contributed by atoms with van der Waals surface area (Å²) in [5.74, 6) is 0.867. The van der Waals surface area contributed by atoms with Crippen LogP contribution in [0.1, 0.15) is 31.7 Å². The van der Waals surface area contributed by atoms with Crippen LogP contribution in [0.25, 0.3) is 0 Å². The molecule has 1 fully saturated rings. The Labute approximate surface area is 119 Å². The molecule has 108 valence electrons. The number of benzene rings is 1. The Morgan fingerprint density at radius 2 is 2.00 bits per heavy atom. The van der Waals surface area contributed by atoms with Crippen molar-refractivity contribution >= 4 is 11.9 Å². The van der Waals surface area contributed by atoms with E-state index in [-0.39, 0.29) is 18.3 Å². The molecule has 0 aromatic heterocycles. The number of hydrogen-bond acceptors (Lipinski definition) is 3. The third kappa shape index (κ3) is 4.68. The van der Waals surface area contributed by atoms with Gasteiger partial charge in [0, 0.05) is 12.5 Å². The van der Waals surface area contributed by atoms with Crippen LogP contribution >= 0.6 is 0 Å². The maximum atomic E-state index is 11.5. The number of ketones is 1. The fourth-order valence-corrected chi connectivity index (χ4v) is 2.37. The lowest BCUT2D eigenvalue weighted by Gasteiger charge is -2.13. The summed E-state index contributed by atoms with van der Waals surface area (Å²) in [6.45, 7) is 2.40. The summed E-state index contributed by atoms with van der Waals surface area (Å²) in [4.78, 5) is 23.0. The highest BCUT2D eigenvalue weighted by Crippen LogP contribution is 2.38. The third-order valence-corrected chi connectivity index (χ3v) is 3.65. The van der Waals surface area contributed by atoms with Crippen LogP contribution in [-0.4, -0.2) is 18.4 Å². The van der Waals surface area contributed by atoms with Crippen LogP contribution < -0.4 is 5.32 Å². The standard InChI is InChI=1S/C16H21NO3/c1-12(18)15(14-7-8-14)9-10-17-16(19)20-11-13-5-3-2-4-6-13/h2-6,14-15H,7-11H2,1H3,(H,17,19)/t15-/m1/s1. The summed E-state index contributed by atoms with van der Waals surface area (Å²) >= 11 is 0. The average molecular weight is 275 g/mol. The Morgan fingerprint density at radius 1 is 1.30 bits per heavy atom. The van der Waals surface area contributed by atoms with Gasteiger partial charge in [0.2, 0.25) is 0 Å². The second-order valence-electron chi connectivity index (χ2n) is 5.33. The van der Waals surface area contributed by atoms with Crippen LogP contribution in [-0.2, 0) is 16.1 Å². The largest absolute Gasteiger partial charge is 0.445 e. The summed E-state index contributed by atoms with van der Waals surface area (Å²) in [5, 5.41) is 2.71. The van der Waals surface area contributed by atoms with E-state index in [4.69, 9.17) is 4.74 Å². The number of nitrogens with one attached hydrogen (secondary N) is 1. The lowest BCUT2D eigenvalue weighted by atomic mass is 9.96. The minimum absolute atomic E-state index is 0.101. The zero-order valence-electron chi connectivity index (χ0n) is 11.8. The van der Waals surface area contributed by atoms with Crippen molar-refractivity contribution in [3.8, 4) is 0 Å². The predicted octanol–water partition coefficient (Wildman–Crippen LogP) is 2.92. The van der Waals surface area contributed by atoms with Gasteiger partial charge in [-0.15, -0.1) is 0 Å². The molecule has 0 aliphatic heterocycles. The number of Topliss-reactive ketones (excluding diaryl/α,β-unsaturated/α-hetero) is 1. The second kappa shape index (κ2) is 7.08. The number of ether oxygens (including phenoxy) is 1. The van der Waals surface area contributed by atoms with Crippen molar-refractivity contribution < 1.29 is 14.3 Å². The molecule has 1 atom stereocenters. The van der Waals surface area contributed by atoms with Crippen molar-refractivity contribution in [3.05, 3.63) is 35.9 Å². The first kappa shape index (κ1) is 14.6. The summed E-state index contributed by atoms with van der Waals surface area (Å²) in [7, 11) is 0. The first-order valence-electron chi connectivity index (χ1n) is 7.12. The topological polar surface area (TPSA) is 55.4 Å². The van der Waals surface area contributed by atoms with Crippen molar-refractivity contribution in [2.45, 2.75) is 32.8 Å². The molecule has 4 heteroatoms. The maximum Gasteiger partial charge on any atom is 0.407 e. The molecule has 1 aromatic rings. The van der Waals surface area contributed by atoms with E-state index in [1.54, 1.807) is 6.92 Å². The van der Waals surface area contributed by atoms with E-state index in [0.29, 0.717) is 18.9 Å². The van der Waals surface area contributed by atoms with Crippen LogP contribution in [0.3, 0.4) is 0 Å². The molecule has 2 rings (SSSR count). The molecule has 1 aliphatic carbocycles. The van der Waals surface area contributed by atoms with E-state index in [9.17, 15) is 9.59 Å². The SMILES string of the molecule is CC(=O)[C@@H](CCNC(=O)OCc1ccccc1)C1CC1. The quantitative estimate of drug-likeness (QED) is 0.832. The highest BCUT2D eigenvalue weighted by atomic mass is 16.5. The van der Waals surface area contributed by atoms with Crippen molar-refractivity contribution in [1.29, 1.82) is 0 Å². The fraction of sp³-hybridized carbons (Fsp3) is 0.500. The molecule has 1 N–H and O–H groups in total. The third-order valence-electron chi connectivity index (χ3n) is 3.65. The Balaban J connectivity index is 1.63. The number of hydrogen-bond donors (Lipinski definition) is 1. The zero-order valence-corrected chi connectivity index (χ0v) is 11.8. The molecular weight excluding hydrogens is 254 g/mol. The summed E-state index contributed by atoms with van der Waals surface area (Å²) in [6.07, 6.45) is 2.57. The molecular formula is C16H21NO3. The molecule has 0 heterocycles. The van der Waals surface area contributed by atoms with E-state index in [2.05, 4.69) is 5.32 Å². The Bertz CT molecular complexity index is 454. The lowest BCUT2D eigenvalue weighted by Crippen LogP contribution is -2.28. The lowest BCUT2D eigenvalue weighted by molar-refractivity contribution is -0.121. The second-order valence-corrected chi connectivity index (χ2v) is 5.33. The first-order chi connectivity index (χ1) is 9.66. The molecule has 0 radical (unpaired) electrons. The van der Waals surface area contributed by atoms with Crippen LogP contribution in [0, 0.1) is 11.8 Å². The van der Waals surface area contributed by atoms with Gasteiger partial charge < -0.3 is 10.1 Å². The highest BCUT2D eigenvalue weighted by Gasteiger charge is 2.33. The first-order valence-corrected chi connectivity index (χ1v) is 7.12. The average Bonchev–Trinajstić information content (AvgIpc) is 3.26. The summed E-state index contributed by atoms with van der Waals surface area (Å²) in [5.41, 5.74) is 0.960. The Kier molecular flexibility index (Phi) is 5.16. The molecule has 1 saturated carbocycles. The molecule has 1 aliphatic rings. The molecule has 0 spiro atoms. The molecule has 0 unspecified atom stereocenters. The molecule has 0 bridgehead atoms. The van der Waals surface area contributed by atoms with Gasteiger partial charge in [0.1, 0.15) is 12.4 Å². The van der Waals surface area contributed by atoms with Gasteiger partial charge >= 0.3 is 6.09 Å². The Hall–Kier alpha value is -1.84. The van der Waals surface area contributed by atoms with E-state index in [0.717, 1.165) is 18.4 Å². The van der Waals surface area contributed by atoms with Crippen LogP contribution in [0.15, 0.2) is 30.3 Å². The van der Waals surface area contributed by atoms with Crippen molar-refractivity contribution in [3.63, 3.8) is 0 Å². The van der Waals surface area contributed by atoms with Gasteiger partial charge in [-0.25, -0.2) is 4.79 Å². The molecule has 4 nitrogen and oxygen atoms in total. The molecule has 1 aromatic carbocycles. The van der Waals surface area contributed by atoms with Crippen LogP contribution in [0.2, 0.25) is 0 Å². The zero-order chi connectivity index (χ0) is 14.4. The van der Waals surface area contributed by atoms with Gasteiger partial charge in [-0.05, 0) is 37.7 Å². The smallest absolute Gasteiger partial charge is 0.407 e. The summed E-state index contributed by atoms with van der Waals surface area (Å²) < 4.78 is 5.11. The van der Waals surface area contributed by atoms with Crippen molar-refractivity contribution in [2.75, 3.05) is 6.54 Å². The number of alkyl carbamates (subject to hydrolysis) is 1. The van der Waals surface area contributed by atoms with E-state index >= 15 is 0 Å². The number of carbonyl (C=O) groups is 2.